The second-order valence-electron chi connectivity index (χ2n) is 14.8. The number of rotatable bonds is 5. The third-order valence-electron chi connectivity index (χ3n) is 11.6. The van der Waals surface area contributed by atoms with Gasteiger partial charge in [0, 0.05) is 33.4 Å². The quantitative estimate of drug-likeness (QED) is 0.176. The number of benzene rings is 8. The monoisotopic (exact) mass is 739 g/mol. The van der Waals surface area contributed by atoms with Crippen LogP contribution in [0.5, 0.6) is 11.5 Å². The van der Waals surface area contributed by atoms with Gasteiger partial charge >= 0.3 is 0 Å². The first kappa shape index (κ1) is 33.5. The molecule has 1 aromatic heterocycles. The van der Waals surface area contributed by atoms with Gasteiger partial charge < -0.3 is 4.74 Å². The Hall–Kier alpha value is -7.87. The Bertz CT molecular complexity index is 3060. The summed E-state index contributed by atoms with van der Waals surface area (Å²) in [5.74, 6) is 2.30. The van der Waals surface area contributed by atoms with Crippen LogP contribution in [0.2, 0.25) is 0 Å². The molecule has 4 nitrogen and oxygen atoms in total. The first-order valence-corrected chi connectivity index (χ1v) is 19.5. The summed E-state index contributed by atoms with van der Waals surface area (Å²) in [5.41, 5.74) is 15.3. The number of fused-ring (bicyclic) bond motifs is 9. The lowest BCUT2D eigenvalue weighted by Gasteiger charge is -2.39. The minimum Gasteiger partial charge on any atom is -0.457 e. The van der Waals surface area contributed by atoms with Crippen LogP contribution in [0.3, 0.4) is 0 Å². The molecule has 4 heteroatoms. The van der Waals surface area contributed by atoms with E-state index in [0.29, 0.717) is 11.4 Å². The molecule has 1 aliphatic carbocycles. The smallest absolute Gasteiger partial charge is 0.160 e. The lowest BCUT2D eigenvalue weighted by Crippen LogP contribution is -2.32. The predicted octanol–water partition coefficient (Wildman–Crippen LogP) is 13.2. The summed E-state index contributed by atoms with van der Waals surface area (Å²) >= 11 is 0. The molecule has 9 aromatic rings. The molecule has 58 heavy (non-hydrogen) atoms. The van der Waals surface area contributed by atoms with E-state index >= 15 is 0 Å². The van der Waals surface area contributed by atoms with Crippen LogP contribution in [0.4, 0.5) is 0 Å². The van der Waals surface area contributed by atoms with Crippen molar-refractivity contribution in [2.24, 2.45) is 0 Å². The molecule has 0 bridgehead atoms. The normalized spacial score (nSPS) is 12.7. The standard InChI is InChI=1S/C54H33N3O/c55-34-41-23-13-27-45-51(41)52-42(24-14-28-46(52)54(45)43-25-7-9-29-49(43)58-50-30-10-8-26-44(50)54)38-20-12-22-40(32-38)48-33-47(56-53(57-48)36-17-5-2-6-18-36)39-21-11-19-37(31-39)35-15-3-1-4-16-35/h1-33H. The largest absolute Gasteiger partial charge is 0.457 e. The first-order chi connectivity index (χ1) is 28.7. The van der Waals surface area contributed by atoms with E-state index in [9.17, 15) is 5.26 Å². The fraction of sp³-hybridized carbons (Fsp3) is 0.0185. The molecule has 0 fully saturated rings. The van der Waals surface area contributed by atoms with Gasteiger partial charge in [-0.15, -0.1) is 0 Å². The van der Waals surface area contributed by atoms with Gasteiger partial charge in [0.25, 0.3) is 0 Å². The summed E-state index contributed by atoms with van der Waals surface area (Å²) in [6, 6.07) is 71.7. The lowest BCUT2D eigenvalue weighted by atomic mass is 9.66. The van der Waals surface area contributed by atoms with Gasteiger partial charge in [-0.3, -0.25) is 0 Å². The predicted molar refractivity (Wildman–Crippen MR) is 231 cm³/mol. The molecule has 8 aromatic carbocycles. The molecule has 0 atom stereocenters. The van der Waals surface area contributed by atoms with Crippen molar-refractivity contribution in [3.05, 3.63) is 228 Å². The Morgan fingerprint density at radius 2 is 0.879 bits per heavy atom. The van der Waals surface area contributed by atoms with Crippen molar-refractivity contribution in [2.45, 2.75) is 5.41 Å². The van der Waals surface area contributed by atoms with Gasteiger partial charge in [-0.05, 0) is 75.3 Å². The molecule has 11 rings (SSSR count). The van der Waals surface area contributed by atoms with E-state index in [2.05, 4.69) is 146 Å². The van der Waals surface area contributed by atoms with Crippen LogP contribution >= 0.6 is 0 Å². The average Bonchev–Trinajstić information content (AvgIpc) is 3.60. The van der Waals surface area contributed by atoms with Crippen LogP contribution in [0.1, 0.15) is 27.8 Å². The van der Waals surface area contributed by atoms with Gasteiger partial charge in [-0.2, -0.15) is 5.26 Å². The van der Waals surface area contributed by atoms with E-state index in [-0.39, 0.29) is 0 Å². The molecule has 0 radical (unpaired) electrons. The molecule has 0 saturated carbocycles. The minimum atomic E-state index is -0.684. The van der Waals surface area contributed by atoms with E-state index in [1.165, 1.54) is 0 Å². The van der Waals surface area contributed by atoms with Crippen molar-refractivity contribution in [2.75, 3.05) is 0 Å². The second-order valence-corrected chi connectivity index (χ2v) is 14.8. The first-order valence-electron chi connectivity index (χ1n) is 19.5. The van der Waals surface area contributed by atoms with Crippen molar-refractivity contribution in [3.63, 3.8) is 0 Å². The number of hydrogen-bond donors (Lipinski definition) is 0. The van der Waals surface area contributed by atoms with E-state index in [1.54, 1.807) is 0 Å². The average molecular weight is 740 g/mol. The third kappa shape index (κ3) is 5.15. The van der Waals surface area contributed by atoms with Crippen LogP contribution in [0, 0.1) is 11.3 Å². The second kappa shape index (κ2) is 13.4. The summed E-state index contributed by atoms with van der Waals surface area (Å²) in [4.78, 5) is 10.3. The maximum Gasteiger partial charge on any atom is 0.160 e. The molecule has 270 valence electrons. The van der Waals surface area contributed by atoms with Crippen LogP contribution in [-0.2, 0) is 5.41 Å². The Balaban J connectivity index is 1.12. The molecular formula is C54H33N3O. The highest BCUT2D eigenvalue weighted by molar-refractivity contribution is 5.99. The van der Waals surface area contributed by atoms with Crippen LogP contribution in [0.25, 0.3) is 67.3 Å². The summed E-state index contributed by atoms with van der Waals surface area (Å²) in [6.45, 7) is 0. The maximum absolute atomic E-state index is 10.7. The molecule has 0 unspecified atom stereocenters. The van der Waals surface area contributed by atoms with Crippen LogP contribution in [-0.4, -0.2) is 9.97 Å². The van der Waals surface area contributed by atoms with Crippen LogP contribution in [0.15, 0.2) is 200 Å². The van der Waals surface area contributed by atoms with Crippen molar-refractivity contribution in [1.29, 1.82) is 5.26 Å². The summed E-state index contributed by atoms with van der Waals surface area (Å²) in [5, 5.41) is 10.7. The van der Waals surface area contributed by atoms with Crippen molar-refractivity contribution in [1.82, 2.24) is 9.97 Å². The third-order valence-corrected chi connectivity index (χ3v) is 11.6. The van der Waals surface area contributed by atoms with Gasteiger partial charge in [0.1, 0.15) is 11.5 Å². The number of nitrogens with zero attached hydrogens (tertiary/aromatic N) is 3. The molecule has 1 aliphatic heterocycles. The lowest BCUT2D eigenvalue weighted by molar-refractivity contribution is 0.436. The van der Waals surface area contributed by atoms with E-state index < -0.39 is 5.41 Å². The number of ether oxygens (including phenoxy) is 1. The highest BCUT2D eigenvalue weighted by Gasteiger charge is 2.52. The summed E-state index contributed by atoms with van der Waals surface area (Å²) in [7, 11) is 0. The molecule has 0 saturated heterocycles. The SMILES string of the molecule is N#Cc1cccc2c1-c1c(-c3cccc(-c4cc(-c5cccc(-c6ccccc6)c5)nc(-c5ccccc5)n4)c3)cccc1C21c2ccccc2Oc2ccccc21. The van der Waals surface area contributed by atoms with Gasteiger partial charge in [0.2, 0.25) is 0 Å². The summed E-state index contributed by atoms with van der Waals surface area (Å²) < 4.78 is 6.57. The van der Waals surface area contributed by atoms with Crippen LogP contribution < -0.4 is 4.74 Å². The van der Waals surface area contributed by atoms with E-state index in [1.807, 2.05) is 60.7 Å². The van der Waals surface area contributed by atoms with Crippen molar-refractivity contribution < 1.29 is 4.74 Å². The fourth-order valence-corrected chi connectivity index (χ4v) is 9.12. The van der Waals surface area contributed by atoms with E-state index in [0.717, 1.165) is 95.2 Å². The molecule has 2 aliphatic rings. The Morgan fingerprint density at radius 3 is 1.53 bits per heavy atom. The molecule has 0 N–H and O–H groups in total. The molecule has 1 spiro atoms. The topological polar surface area (TPSA) is 58.8 Å². The Kier molecular flexibility index (Phi) is 7.74. The zero-order valence-electron chi connectivity index (χ0n) is 31.3. The highest BCUT2D eigenvalue weighted by Crippen LogP contribution is 2.63. The van der Waals surface area contributed by atoms with Gasteiger partial charge in [-0.25, -0.2) is 9.97 Å². The number of aromatic nitrogens is 2. The number of nitriles is 1. The molecule has 2 heterocycles. The van der Waals surface area contributed by atoms with E-state index in [4.69, 9.17) is 14.7 Å². The minimum absolute atomic E-state index is 0.645. The van der Waals surface area contributed by atoms with Gasteiger partial charge in [0.05, 0.1) is 28.4 Å². The number of para-hydroxylation sites is 2. The maximum atomic E-state index is 10.7. The molecule has 0 amide bonds. The Labute approximate surface area is 337 Å². The van der Waals surface area contributed by atoms with Crippen molar-refractivity contribution >= 4 is 0 Å². The van der Waals surface area contributed by atoms with Gasteiger partial charge in [-0.1, -0.05) is 164 Å². The molecular weight excluding hydrogens is 707 g/mol. The van der Waals surface area contributed by atoms with Gasteiger partial charge in [0.15, 0.2) is 5.82 Å². The Morgan fingerprint density at radius 1 is 0.397 bits per heavy atom. The highest BCUT2D eigenvalue weighted by atomic mass is 16.5. The zero-order valence-corrected chi connectivity index (χ0v) is 31.3. The summed E-state index contributed by atoms with van der Waals surface area (Å²) in [6.07, 6.45) is 0. The zero-order chi connectivity index (χ0) is 38.6. The fourth-order valence-electron chi connectivity index (χ4n) is 9.12. The van der Waals surface area contributed by atoms with Crippen molar-refractivity contribution in [3.8, 4) is 84.9 Å². The number of hydrogen-bond acceptors (Lipinski definition) is 4.